The lowest BCUT2D eigenvalue weighted by atomic mass is 9.89. The summed E-state index contributed by atoms with van der Waals surface area (Å²) in [5.41, 5.74) is 0.609. The van der Waals surface area contributed by atoms with Crippen LogP contribution in [0.15, 0.2) is 41.3 Å². The third-order valence-corrected chi connectivity index (χ3v) is 5.12. The predicted molar refractivity (Wildman–Crippen MR) is 101 cm³/mol. The summed E-state index contributed by atoms with van der Waals surface area (Å²) in [5.74, 6) is -0.410. The van der Waals surface area contributed by atoms with E-state index in [1.54, 1.807) is 22.9 Å². The number of H-pyrrole nitrogens is 1. The molecule has 4 rings (SSSR count). The average Bonchev–Trinajstić information content (AvgIpc) is 3.02. The smallest absolute Gasteiger partial charge is 0.274 e. The van der Waals surface area contributed by atoms with Crippen molar-refractivity contribution < 1.29 is 9.18 Å². The molecule has 7 heteroatoms. The van der Waals surface area contributed by atoms with E-state index in [1.165, 1.54) is 37.6 Å². The first-order valence-electron chi connectivity index (χ1n) is 9.27. The Bertz CT molecular complexity index is 1030. The van der Waals surface area contributed by atoms with Crippen LogP contribution in [0.3, 0.4) is 0 Å². The monoisotopic (exact) mass is 368 g/mol. The lowest BCUT2D eigenvalue weighted by Gasteiger charge is -2.22. The van der Waals surface area contributed by atoms with E-state index in [0.717, 1.165) is 12.8 Å². The second kappa shape index (κ2) is 7.34. The first kappa shape index (κ1) is 17.5. The molecule has 1 fully saturated rings. The van der Waals surface area contributed by atoms with E-state index in [-0.39, 0.29) is 11.1 Å². The number of pyridine rings is 1. The number of rotatable bonds is 4. The van der Waals surface area contributed by atoms with Crippen molar-refractivity contribution in [3.63, 3.8) is 0 Å². The fourth-order valence-electron chi connectivity index (χ4n) is 3.82. The molecule has 1 saturated carbocycles. The summed E-state index contributed by atoms with van der Waals surface area (Å²) in [7, 11) is 0. The Morgan fingerprint density at radius 2 is 2.07 bits per heavy atom. The molecule has 0 radical (unpaired) electrons. The van der Waals surface area contributed by atoms with Gasteiger partial charge in [0.15, 0.2) is 5.82 Å². The number of nitrogens with one attached hydrogen (secondary N) is 2. The van der Waals surface area contributed by atoms with E-state index in [4.69, 9.17) is 0 Å². The zero-order valence-electron chi connectivity index (χ0n) is 14.9. The number of hydrogen-bond acceptors (Lipinski definition) is 3. The lowest BCUT2D eigenvalue weighted by Crippen LogP contribution is -2.22. The van der Waals surface area contributed by atoms with Crippen molar-refractivity contribution >= 4 is 22.5 Å². The van der Waals surface area contributed by atoms with Gasteiger partial charge in [-0.25, -0.2) is 4.39 Å². The van der Waals surface area contributed by atoms with Crippen LogP contribution >= 0.6 is 0 Å². The highest BCUT2D eigenvalue weighted by Crippen LogP contribution is 2.28. The zero-order valence-corrected chi connectivity index (χ0v) is 14.9. The molecule has 0 spiro atoms. The summed E-state index contributed by atoms with van der Waals surface area (Å²) in [6.07, 6.45) is 7.24. The Morgan fingerprint density at radius 1 is 1.26 bits per heavy atom. The third-order valence-electron chi connectivity index (χ3n) is 5.12. The number of carbonyl (C=O) groups is 1. The second-order valence-corrected chi connectivity index (χ2v) is 7.07. The summed E-state index contributed by atoms with van der Waals surface area (Å²) in [6, 6.07) is 7.54. The van der Waals surface area contributed by atoms with Crippen molar-refractivity contribution in [1.82, 2.24) is 14.8 Å². The molecule has 0 bridgehead atoms. The van der Waals surface area contributed by atoms with E-state index < -0.39 is 11.7 Å². The first-order valence-corrected chi connectivity index (χ1v) is 9.27. The number of nitrogens with zero attached hydrogens (tertiary/aromatic N) is 2. The van der Waals surface area contributed by atoms with Gasteiger partial charge in [-0.1, -0.05) is 31.4 Å². The Labute approximate surface area is 155 Å². The standard InChI is InChI=1S/C20H21FN4O2/c21-16-8-4-7-15-18(16)24-25(12-13-5-2-1-3-6-13)19(15)20(27)23-14-9-10-22-17(26)11-14/h4,7-11,13H,1-3,5-6,12H2,(H2,22,23,26,27). The number of halogens is 1. The van der Waals surface area contributed by atoms with Gasteiger partial charge in [0, 0.05) is 29.9 Å². The van der Waals surface area contributed by atoms with Crippen LogP contribution in [-0.4, -0.2) is 20.7 Å². The maximum atomic E-state index is 14.2. The molecule has 140 valence electrons. The zero-order chi connectivity index (χ0) is 18.8. The SMILES string of the molecule is O=C(Nc1cc[nH]c(=O)c1)c1c2cccc(F)c2nn1CC1CCCCC1. The number of amides is 1. The van der Waals surface area contributed by atoms with Crippen molar-refractivity contribution in [2.45, 2.75) is 38.6 Å². The second-order valence-electron chi connectivity index (χ2n) is 7.07. The normalized spacial score (nSPS) is 15.1. The van der Waals surface area contributed by atoms with Gasteiger partial charge in [-0.15, -0.1) is 0 Å². The molecule has 2 aromatic heterocycles. The van der Waals surface area contributed by atoms with E-state index in [1.807, 2.05) is 0 Å². The molecular formula is C20H21FN4O2. The Balaban J connectivity index is 1.72. The molecule has 0 aliphatic heterocycles. The van der Waals surface area contributed by atoms with Gasteiger partial charge in [-0.2, -0.15) is 5.10 Å². The molecule has 6 nitrogen and oxygen atoms in total. The third kappa shape index (κ3) is 3.63. The lowest BCUT2D eigenvalue weighted by molar-refractivity contribution is 0.101. The van der Waals surface area contributed by atoms with E-state index in [9.17, 15) is 14.0 Å². The van der Waals surface area contributed by atoms with Crippen LogP contribution < -0.4 is 10.9 Å². The summed E-state index contributed by atoms with van der Waals surface area (Å²) in [5, 5.41) is 7.61. The highest BCUT2D eigenvalue weighted by atomic mass is 19.1. The van der Waals surface area contributed by atoms with Gasteiger partial charge >= 0.3 is 0 Å². The van der Waals surface area contributed by atoms with Crippen LogP contribution in [-0.2, 0) is 6.54 Å². The quantitative estimate of drug-likeness (QED) is 0.737. The molecule has 0 saturated heterocycles. The number of aromatic amines is 1. The van der Waals surface area contributed by atoms with E-state index in [2.05, 4.69) is 15.4 Å². The number of hydrogen-bond donors (Lipinski definition) is 2. The molecule has 2 heterocycles. The van der Waals surface area contributed by atoms with Crippen LogP contribution in [0.25, 0.3) is 10.9 Å². The highest BCUT2D eigenvalue weighted by molar-refractivity contribution is 6.11. The van der Waals surface area contributed by atoms with E-state index >= 15 is 0 Å². The molecule has 2 N–H and O–H groups in total. The maximum absolute atomic E-state index is 14.2. The van der Waals surface area contributed by atoms with Crippen LogP contribution in [0, 0.1) is 11.7 Å². The summed E-state index contributed by atoms with van der Waals surface area (Å²) < 4.78 is 15.9. The van der Waals surface area contributed by atoms with Gasteiger partial charge in [0.2, 0.25) is 5.56 Å². The molecule has 1 amide bonds. The molecule has 1 aliphatic carbocycles. The fourth-order valence-corrected chi connectivity index (χ4v) is 3.82. The van der Waals surface area contributed by atoms with Gasteiger partial charge in [0.25, 0.3) is 5.91 Å². The van der Waals surface area contributed by atoms with Crippen molar-refractivity contribution in [3.05, 3.63) is 58.4 Å². The van der Waals surface area contributed by atoms with Gasteiger partial charge in [0.1, 0.15) is 11.2 Å². The minimum atomic E-state index is -0.444. The van der Waals surface area contributed by atoms with Crippen molar-refractivity contribution in [2.24, 2.45) is 5.92 Å². The molecule has 27 heavy (non-hydrogen) atoms. The average molecular weight is 368 g/mol. The minimum absolute atomic E-state index is 0.198. The van der Waals surface area contributed by atoms with Crippen LogP contribution in [0.2, 0.25) is 0 Å². The largest absolute Gasteiger partial charge is 0.329 e. The number of aromatic nitrogens is 3. The van der Waals surface area contributed by atoms with Crippen LogP contribution in [0.4, 0.5) is 10.1 Å². The summed E-state index contributed by atoms with van der Waals surface area (Å²) in [4.78, 5) is 26.9. The topological polar surface area (TPSA) is 79.8 Å². The van der Waals surface area contributed by atoms with Gasteiger partial charge in [0.05, 0.1) is 0 Å². The van der Waals surface area contributed by atoms with Gasteiger partial charge in [-0.3, -0.25) is 14.3 Å². The van der Waals surface area contributed by atoms with Crippen LogP contribution in [0.5, 0.6) is 0 Å². The molecule has 1 aliphatic rings. The maximum Gasteiger partial charge on any atom is 0.274 e. The number of anilines is 1. The summed E-state index contributed by atoms with van der Waals surface area (Å²) >= 11 is 0. The predicted octanol–water partition coefficient (Wildman–Crippen LogP) is 3.70. The molecular weight excluding hydrogens is 347 g/mol. The number of benzene rings is 1. The van der Waals surface area contributed by atoms with E-state index in [0.29, 0.717) is 29.2 Å². The Kier molecular flexibility index (Phi) is 4.75. The Hall–Kier alpha value is -2.96. The van der Waals surface area contributed by atoms with Crippen molar-refractivity contribution in [1.29, 1.82) is 0 Å². The number of carbonyl (C=O) groups excluding carboxylic acids is 1. The molecule has 0 unspecified atom stereocenters. The van der Waals surface area contributed by atoms with Crippen LogP contribution in [0.1, 0.15) is 42.6 Å². The first-order chi connectivity index (χ1) is 13.1. The Morgan fingerprint density at radius 3 is 2.85 bits per heavy atom. The summed E-state index contributed by atoms with van der Waals surface area (Å²) in [6.45, 7) is 0.590. The van der Waals surface area contributed by atoms with Gasteiger partial charge in [-0.05, 0) is 30.9 Å². The minimum Gasteiger partial charge on any atom is -0.329 e. The molecule has 0 atom stereocenters. The number of fused-ring (bicyclic) bond motifs is 1. The van der Waals surface area contributed by atoms with Crippen molar-refractivity contribution in [3.8, 4) is 0 Å². The molecule has 1 aromatic carbocycles. The molecule has 3 aromatic rings. The van der Waals surface area contributed by atoms with Crippen molar-refractivity contribution in [2.75, 3.05) is 5.32 Å². The highest BCUT2D eigenvalue weighted by Gasteiger charge is 2.23. The fraction of sp³-hybridized carbons (Fsp3) is 0.350. The van der Waals surface area contributed by atoms with Gasteiger partial charge < -0.3 is 10.3 Å².